The summed E-state index contributed by atoms with van der Waals surface area (Å²) in [5.74, 6) is -0.354. The number of carboxylic acid groups (broad SMARTS) is 1. The Bertz CT molecular complexity index is 556. The van der Waals surface area contributed by atoms with Crippen LogP contribution in [-0.2, 0) is 19.1 Å². The Morgan fingerprint density at radius 3 is 2.25 bits per heavy atom. The summed E-state index contributed by atoms with van der Waals surface area (Å²) in [6, 6.07) is -1.09. The molecule has 0 radical (unpaired) electrons. The lowest BCUT2D eigenvalue weighted by molar-refractivity contribution is -0.157. The summed E-state index contributed by atoms with van der Waals surface area (Å²) in [5, 5.41) is 14.9. The molecule has 8 nitrogen and oxygen atoms in total. The van der Waals surface area contributed by atoms with Gasteiger partial charge in [0.05, 0.1) is 0 Å². The third kappa shape index (κ3) is 10.2. The quantitative estimate of drug-likeness (QED) is 0.407. The highest BCUT2D eigenvalue weighted by Gasteiger charge is 2.32. The van der Waals surface area contributed by atoms with E-state index in [4.69, 9.17) is 9.47 Å². The maximum Gasteiger partial charge on any atom is 0.408 e. The maximum atomic E-state index is 12.1. The van der Waals surface area contributed by atoms with E-state index < -0.39 is 29.3 Å². The summed E-state index contributed by atoms with van der Waals surface area (Å²) >= 11 is 1.45. The second-order valence-corrected chi connectivity index (χ2v) is 10.1. The van der Waals surface area contributed by atoms with Gasteiger partial charge in [-0.05, 0) is 66.6 Å². The lowest BCUT2D eigenvalue weighted by Crippen LogP contribution is -2.45. The highest BCUT2D eigenvalue weighted by molar-refractivity contribution is 7.99. The van der Waals surface area contributed by atoms with Crippen LogP contribution < -0.4 is 10.6 Å². The Morgan fingerprint density at radius 2 is 1.71 bits per heavy atom. The van der Waals surface area contributed by atoms with Crippen LogP contribution >= 0.6 is 11.8 Å². The van der Waals surface area contributed by atoms with Crippen LogP contribution in [0, 0.1) is 0 Å². The normalized spacial score (nSPS) is 21.1. The second-order valence-electron chi connectivity index (χ2n) is 8.93. The van der Waals surface area contributed by atoms with Crippen LogP contribution in [0.4, 0.5) is 4.79 Å². The molecule has 0 aromatic rings. The summed E-state index contributed by atoms with van der Waals surface area (Å²) in [6.07, 6.45) is 1.69. The average molecular weight is 419 g/mol. The molecule has 1 rings (SSSR count). The van der Waals surface area contributed by atoms with Crippen LogP contribution in [0.2, 0.25) is 0 Å². The van der Waals surface area contributed by atoms with E-state index in [1.54, 1.807) is 20.8 Å². The fraction of sp³-hybridized carbons (Fsp3) is 0.842. The number of alkyl carbamates (subject to hydrolysis) is 1. The molecule has 1 aliphatic heterocycles. The van der Waals surface area contributed by atoms with Gasteiger partial charge in [0.25, 0.3) is 0 Å². The topological polar surface area (TPSA) is 114 Å². The van der Waals surface area contributed by atoms with E-state index in [0.717, 1.165) is 25.0 Å². The van der Waals surface area contributed by atoms with Crippen molar-refractivity contribution in [1.82, 2.24) is 10.6 Å². The number of amides is 1. The van der Waals surface area contributed by atoms with Gasteiger partial charge in [-0.15, -0.1) is 0 Å². The van der Waals surface area contributed by atoms with Crippen molar-refractivity contribution in [3.63, 3.8) is 0 Å². The number of hydrogen-bond donors (Lipinski definition) is 3. The lowest BCUT2D eigenvalue weighted by atomic mass is 10.1. The van der Waals surface area contributed by atoms with E-state index in [1.165, 1.54) is 11.8 Å². The number of rotatable bonds is 8. The standard InChI is InChI=1S/C19H34N2O6S/c1-18(2,3)26-16(24)13-8-7-12(20-13)9-10-28-11-14(15(22)23)21-17(25)27-19(4,5)6/h12-14,20H,7-11H2,1-6H3,(H,21,25)(H,22,23)/t12-,13+,14+/m1/s1. The molecule has 1 fully saturated rings. The monoisotopic (exact) mass is 418 g/mol. The van der Waals surface area contributed by atoms with Crippen molar-refractivity contribution in [3.05, 3.63) is 0 Å². The number of hydrogen-bond acceptors (Lipinski definition) is 7. The first-order chi connectivity index (χ1) is 12.8. The number of esters is 1. The number of nitrogens with one attached hydrogen (secondary N) is 2. The van der Waals surface area contributed by atoms with Crippen LogP contribution in [0.5, 0.6) is 0 Å². The van der Waals surface area contributed by atoms with Crippen molar-refractivity contribution >= 4 is 29.8 Å². The van der Waals surface area contributed by atoms with Crippen molar-refractivity contribution in [2.24, 2.45) is 0 Å². The predicted octanol–water partition coefficient (Wildman–Crippen LogP) is 2.55. The van der Waals surface area contributed by atoms with Gasteiger partial charge in [-0.2, -0.15) is 11.8 Å². The first-order valence-corrected chi connectivity index (χ1v) is 10.7. The summed E-state index contributed by atoms with van der Waals surface area (Å²) in [5.41, 5.74) is -1.18. The zero-order valence-electron chi connectivity index (χ0n) is 17.7. The summed E-state index contributed by atoms with van der Waals surface area (Å²) in [6.45, 7) is 10.7. The Labute approximate surface area is 171 Å². The summed E-state index contributed by atoms with van der Waals surface area (Å²) in [4.78, 5) is 35.2. The number of ether oxygens (including phenoxy) is 2. The van der Waals surface area contributed by atoms with Crippen molar-refractivity contribution < 1.29 is 29.0 Å². The molecule has 28 heavy (non-hydrogen) atoms. The van der Waals surface area contributed by atoms with Gasteiger partial charge in [-0.1, -0.05) is 0 Å². The van der Waals surface area contributed by atoms with Gasteiger partial charge in [0, 0.05) is 11.8 Å². The summed E-state index contributed by atoms with van der Waals surface area (Å²) in [7, 11) is 0. The van der Waals surface area contributed by atoms with Crippen LogP contribution in [-0.4, -0.2) is 64.0 Å². The van der Waals surface area contributed by atoms with Crippen LogP contribution in [0.3, 0.4) is 0 Å². The molecule has 0 aliphatic carbocycles. The Balaban J connectivity index is 2.32. The highest BCUT2D eigenvalue weighted by Crippen LogP contribution is 2.20. The van der Waals surface area contributed by atoms with Crippen LogP contribution in [0.15, 0.2) is 0 Å². The smallest absolute Gasteiger partial charge is 0.408 e. The highest BCUT2D eigenvalue weighted by atomic mass is 32.2. The molecule has 162 valence electrons. The molecular weight excluding hydrogens is 384 g/mol. The van der Waals surface area contributed by atoms with Gasteiger partial charge in [-0.3, -0.25) is 4.79 Å². The fourth-order valence-electron chi connectivity index (χ4n) is 2.66. The van der Waals surface area contributed by atoms with Crippen molar-refractivity contribution in [1.29, 1.82) is 0 Å². The van der Waals surface area contributed by atoms with Crippen molar-refractivity contribution in [2.45, 2.75) is 90.1 Å². The Kier molecular flexibility index (Phi) is 9.07. The molecule has 1 saturated heterocycles. The first kappa shape index (κ1) is 24.6. The van der Waals surface area contributed by atoms with E-state index in [0.29, 0.717) is 0 Å². The molecule has 1 heterocycles. The number of carboxylic acids is 1. The SMILES string of the molecule is CC(C)(C)OC(=O)N[C@@H](CSCC[C@H]1CC[C@@H](C(=O)OC(C)(C)C)N1)C(=O)O. The number of carbonyl (C=O) groups excluding carboxylic acids is 2. The average Bonchev–Trinajstić information content (AvgIpc) is 2.95. The van der Waals surface area contributed by atoms with Crippen molar-refractivity contribution in [2.75, 3.05) is 11.5 Å². The zero-order chi connectivity index (χ0) is 21.5. The van der Waals surface area contributed by atoms with Gasteiger partial charge in [-0.25, -0.2) is 9.59 Å². The number of thioether (sulfide) groups is 1. The molecule has 0 saturated carbocycles. The third-order valence-electron chi connectivity index (χ3n) is 3.82. The molecule has 9 heteroatoms. The fourth-order valence-corrected chi connectivity index (χ4v) is 3.74. The van der Waals surface area contributed by atoms with Crippen molar-refractivity contribution in [3.8, 4) is 0 Å². The van der Waals surface area contributed by atoms with Gasteiger partial charge >= 0.3 is 18.0 Å². The molecule has 0 bridgehead atoms. The Hall–Kier alpha value is -1.48. The molecule has 3 N–H and O–H groups in total. The molecule has 0 aromatic carbocycles. The number of aliphatic carboxylic acids is 1. The first-order valence-electron chi connectivity index (χ1n) is 9.56. The van der Waals surface area contributed by atoms with Gasteiger partial charge in [0.1, 0.15) is 23.3 Å². The van der Waals surface area contributed by atoms with E-state index in [9.17, 15) is 19.5 Å². The third-order valence-corrected chi connectivity index (χ3v) is 4.91. The molecule has 1 aliphatic rings. The van der Waals surface area contributed by atoms with Gasteiger partial charge in [0.15, 0.2) is 0 Å². The molecule has 0 spiro atoms. The Morgan fingerprint density at radius 1 is 1.11 bits per heavy atom. The molecule has 0 unspecified atom stereocenters. The number of carbonyl (C=O) groups is 3. The second kappa shape index (κ2) is 10.3. The summed E-state index contributed by atoms with van der Waals surface area (Å²) < 4.78 is 10.5. The molecule has 0 aromatic heterocycles. The van der Waals surface area contributed by atoms with E-state index in [2.05, 4.69) is 10.6 Å². The molecule has 3 atom stereocenters. The minimum absolute atomic E-state index is 0.201. The maximum absolute atomic E-state index is 12.1. The lowest BCUT2D eigenvalue weighted by Gasteiger charge is -2.22. The molecular formula is C19H34N2O6S. The van der Waals surface area contributed by atoms with E-state index in [-0.39, 0.29) is 23.8 Å². The predicted molar refractivity (Wildman–Crippen MR) is 109 cm³/mol. The van der Waals surface area contributed by atoms with E-state index >= 15 is 0 Å². The molecule has 1 amide bonds. The van der Waals surface area contributed by atoms with Gasteiger partial charge in [0.2, 0.25) is 0 Å². The largest absolute Gasteiger partial charge is 0.480 e. The zero-order valence-corrected chi connectivity index (χ0v) is 18.5. The minimum atomic E-state index is -1.10. The van der Waals surface area contributed by atoms with Crippen LogP contribution in [0.1, 0.15) is 60.8 Å². The van der Waals surface area contributed by atoms with Crippen LogP contribution in [0.25, 0.3) is 0 Å². The van der Waals surface area contributed by atoms with Gasteiger partial charge < -0.3 is 25.2 Å². The van der Waals surface area contributed by atoms with E-state index in [1.807, 2.05) is 20.8 Å². The minimum Gasteiger partial charge on any atom is -0.480 e.